The number of methoxy groups -OCH3 is 2. The lowest BCUT2D eigenvalue weighted by molar-refractivity contribution is 0.101. The molecule has 0 atom stereocenters. The number of hydrogen-bond acceptors (Lipinski definition) is 7. The molecular formula is C23H18O7S. The number of rotatable bonds is 6. The molecule has 0 spiro atoms. The van der Waals surface area contributed by atoms with Crippen molar-refractivity contribution < 1.29 is 31.6 Å². The van der Waals surface area contributed by atoms with Crippen molar-refractivity contribution in [3.8, 4) is 23.0 Å². The van der Waals surface area contributed by atoms with Gasteiger partial charge in [0.2, 0.25) is 5.78 Å². The molecule has 158 valence electrons. The van der Waals surface area contributed by atoms with Crippen LogP contribution in [0.2, 0.25) is 0 Å². The third-order valence-corrected chi connectivity index (χ3v) is 5.85. The first kappa shape index (κ1) is 20.5. The lowest BCUT2D eigenvalue weighted by Crippen LogP contribution is -2.09. The fourth-order valence-electron chi connectivity index (χ4n) is 3.02. The molecule has 0 unspecified atom stereocenters. The van der Waals surface area contributed by atoms with Gasteiger partial charge in [-0.1, -0.05) is 12.1 Å². The topological polar surface area (TPSA) is 88.1 Å². The summed E-state index contributed by atoms with van der Waals surface area (Å²) in [6.45, 7) is 0. The summed E-state index contributed by atoms with van der Waals surface area (Å²) in [5.41, 5.74) is 1.05. The zero-order valence-corrected chi connectivity index (χ0v) is 17.5. The summed E-state index contributed by atoms with van der Waals surface area (Å²) in [6, 6.07) is 17.3. The summed E-state index contributed by atoms with van der Waals surface area (Å²) in [5, 5.41) is 0. The second kappa shape index (κ2) is 8.16. The van der Waals surface area contributed by atoms with E-state index in [0.717, 1.165) is 5.56 Å². The van der Waals surface area contributed by atoms with E-state index >= 15 is 0 Å². The predicted molar refractivity (Wildman–Crippen MR) is 113 cm³/mol. The van der Waals surface area contributed by atoms with E-state index in [2.05, 4.69) is 0 Å². The Morgan fingerprint density at radius 2 is 1.55 bits per heavy atom. The molecule has 3 aromatic rings. The maximum Gasteiger partial charge on any atom is 0.339 e. The molecular weight excluding hydrogens is 420 g/mol. The van der Waals surface area contributed by atoms with Gasteiger partial charge in [0.05, 0.1) is 19.8 Å². The van der Waals surface area contributed by atoms with Crippen LogP contribution in [0.15, 0.2) is 77.4 Å². The van der Waals surface area contributed by atoms with Crippen molar-refractivity contribution >= 4 is 22.0 Å². The van der Waals surface area contributed by atoms with Crippen LogP contribution in [0.25, 0.3) is 6.08 Å². The van der Waals surface area contributed by atoms with Crippen LogP contribution in [-0.2, 0) is 10.1 Å². The van der Waals surface area contributed by atoms with Gasteiger partial charge in [-0.05, 0) is 60.2 Å². The third kappa shape index (κ3) is 4.24. The van der Waals surface area contributed by atoms with Gasteiger partial charge in [0, 0.05) is 6.07 Å². The molecule has 8 heteroatoms. The minimum absolute atomic E-state index is 0.0237. The minimum Gasteiger partial charge on any atom is -0.497 e. The van der Waals surface area contributed by atoms with Crippen LogP contribution < -0.4 is 18.4 Å². The summed E-state index contributed by atoms with van der Waals surface area (Å²) in [6.07, 6.45) is 1.60. The van der Waals surface area contributed by atoms with Gasteiger partial charge in [-0.25, -0.2) is 0 Å². The molecule has 4 rings (SSSR count). The van der Waals surface area contributed by atoms with Crippen molar-refractivity contribution in [3.05, 3.63) is 83.6 Å². The fraction of sp³-hybridized carbons (Fsp3) is 0.0870. The molecule has 3 aromatic carbocycles. The largest absolute Gasteiger partial charge is 0.497 e. The monoisotopic (exact) mass is 438 g/mol. The average Bonchev–Trinajstić information content (AvgIpc) is 3.08. The Hall–Kier alpha value is -3.78. The van der Waals surface area contributed by atoms with Crippen LogP contribution in [0, 0.1) is 0 Å². The van der Waals surface area contributed by atoms with E-state index in [1.54, 1.807) is 31.4 Å². The van der Waals surface area contributed by atoms with Crippen molar-refractivity contribution in [2.24, 2.45) is 0 Å². The SMILES string of the molecule is COc1ccc(S(=O)(=O)Oc2ccc3c(c2)OC(=Cc2cccc(OC)c2)C3=O)cc1. The van der Waals surface area contributed by atoms with Crippen LogP contribution in [0.3, 0.4) is 0 Å². The summed E-state index contributed by atoms with van der Waals surface area (Å²) in [7, 11) is -1.02. The number of hydrogen-bond donors (Lipinski definition) is 0. The van der Waals surface area contributed by atoms with E-state index in [1.165, 1.54) is 49.6 Å². The van der Waals surface area contributed by atoms with E-state index in [-0.39, 0.29) is 27.9 Å². The first-order valence-corrected chi connectivity index (χ1v) is 10.6. The maximum absolute atomic E-state index is 12.6. The maximum atomic E-state index is 12.6. The Morgan fingerprint density at radius 1 is 0.839 bits per heavy atom. The Kier molecular flexibility index (Phi) is 5.39. The molecule has 0 saturated carbocycles. The summed E-state index contributed by atoms with van der Waals surface area (Å²) < 4.78 is 46.2. The highest BCUT2D eigenvalue weighted by Gasteiger charge is 2.28. The second-order valence-corrected chi connectivity index (χ2v) is 8.13. The van der Waals surface area contributed by atoms with Crippen molar-refractivity contribution in [3.63, 3.8) is 0 Å². The smallest absolute Gasteiger partial charge is 0.339 e. The molecule has 0 amide bonds. The molecule has 31 heavy (non-hydrogen) atoms. The number of allylic oxidation sites excluding steroid dienone is 1. The summed E-state index contributed by atoms with van der Waals surface area (Å²) >= 11 is 0. The van der Waals surface area contributed by atoms with Crippen LogP contribution in [0.1, 0.15) is 15.9 Å². The van der Waals surface area contributed by atoms with Crippen molar-refractivity contribution in [2.45, 2.75) is 4.90 Å². The third-order valence-electron chi connectivity index (χ3n) is 4.59. The first-order valence-electron chi connectivity index (χ1n) is 9.20. The highest BCUT2D eigenvalue weighted by atomic mass is 32.2. The fourth-order valence-corrected chi connectivity index (χ4v) is 3.94. The Labute approximate surface area is 179 Å². The number of Topliss-reactive ketones (excluding diaryl/α,β-unsaturated/α-hetero) is 1. The molecule has 0 aliphatic carbocycles. The van der Waals surface area contributed by atoms with Gasteiger partial charge < -0.3 is 18.4 Å². The van der Waals surface area contributed by atoms with E-state index in [1.807, 2.05) is 6.07 Å². The van der Waals surface area contributed by atoms with Gasteiger partial charge in [-0.3, -0.25) is 4.79 Å². The number of carbonyl (C=O) groups excluding carboxylic acids is 1. The van der Waals surface area contributed by atoms with E-state index in [0.29, 0.717) is 17.1 Å². The zero-order chi connectivity index (χ0) is 22.0. The number of benzene rings is 3. The van der Waals surface area contributed by atoms with Crippen molar-refractivity contribution in [1.82, 2.24) is 0 Å². The second-order valence-electron chi connectivity index (χ2n) is 6.59. The number of fused-ring (bicyclic) bond motifs is 1. The van der Waals surface area contributed by atoms with E-state index < -0.39 is 10.1 Å². The van der Waals surface area contributed by atoms with E-state index in [4.69, 9.17) is 18.4 Å². The zero-order valence-electron chi connectivity index (χ0n) is 16.7. The molecule has 0 aromatic heterocycles. The van der Waals surface area contributed by atoms with Crippen LogP contribution >= 0.6 is 0 Å². The Bertz CT molecular complexity index is 1280. The molecule has 1 aliphatic heterocycles. The van der Waals surface area contributed by atoms with Gasteiger partial charge in [-0.15, -0.1) is 0 Å². The molecule has 0 fully saturated rings. The van der Waals surface area contributed by atoms with Gasteiger partial charge in [0.25, 0.3) is 0 Å². The van der Waals surface area contributed by atoms with Gasteiger partial charge in [-0.2, -0.15) is 8.42 Å². The van der Waals surface area contributed by atoms with Crippen LogP contribution in [0.5, 0.6) is 23.0 Å². The molecule has 0 bridgehead atoms. The number of carbonyl (C=O) groups is 1. The molecule has 0 radical (unpaired) electrons. The average molecular weight is 438 g/mol. The standard InChI is InChI=1S/C23H18O7S/c1-27-16-6-9-19(10-7-16)31(25,26)30-18-8-11-20-21(14-18)29-22(23(20)24)13-15-4-3-5-17(12-15)28-2/h3-14H,1-2H3. The van der Waals surface area contributed by atoms with Gasteiger partial charge in [0.15, 0.2) is 5.76 Å². The number of ketones is 1. The molecule has 1 heterocycles. The lowest BCUT2D eigenvalue weighted by Gasteiger charge is -2.08. The highest BCUT2D eigenvalue weighted by Crippen LogP contribution is 2.36. The normalized spacial score (nSPS) is 14.1. The Morgan fingerprint density at radius 3 is 2.26 bits per heavy atom. The van der Waals surface area contributed by atoms with Crippen LogP contribution in [0.4, 0.5) is 0 Å². The summed E-state index contributed by atoms with van der Waals surface area (Å²) in [5.74, 6) is 1.25. The highest BCUT2D eigenvalue weighted by molar-refractivity contribution is 7.87. The molecule has 7 nitrogen and oxygen atoms in total. The minimum atomic E-state index is -4.06. The first-order chi connectivity index (χ1) is 14.9. The van der Waals surface area contributed by atoms with Crippen molar-refractivity contribution in [1.29, 1.82) is 0 Å². The van der Waals surface area contributed by atoms with Crippen LogP contribution in [-0.4, -0.2) is 28.4 Å². The predicted octanol–water partition coefficient (Wildman–Crippen LogP) is 4.09. The summed E-state index contributed by atoms with van der Waals surface area (Å²) in [4.78, 5) is 12.6. The molecule has 0 N–H and O–H groups in total. The molecule has 1 aliphatic rings. The van der Waals surface area contributed by atoms with Gasteiger partial charge >= 0.3 is 10.1 Å². The number of ether oxygens (including phenoxy) is 3. The van der Waals surface area contributed by atoms with Gasteiger partial charge in [0.1, 0.15) is 27.9 Å². The lowest BCUT2D eigenvalue weighted by atomic mass is 10.1. The molecule has 0 saturated heterocycles. The van der Waals surface area contributed by atoms with E-state index in [9.17, 15) is 13.2 Å². The van der Waals surface area contributed by atoms with Crippen molar-refractivity contribution in [2.75, 3.05) is 14.2 Å². The quantitative estimate of drug-likeness (QED) is 0.423. The Balaban J connectivity index is 1.57.